The van der Waals surface area contributed by atoms with Gasteiger partial charge in [-0.1, -0.05) is 38.0 Å². The van der Waals surface area contributed by atoms with E-state index >= 15 is 0 Å². The third-order valence-electron chi connectivity index (χ3n) is 3.95. The monoisotopic (exact) mass is 355 g/mol. The fourth-order valence-electron chi connectivity index (χ4n) is 2.49. The molecule has 2 amide bonds. The molecule has 0 unspecified atom stereocenters. The molecule has 1 aromatic carbocycles. The van der Waals surface area contributed by atoms with Gasteiger partial charge in [0.15, 0.2) is 0 Å². The van der Waals surface area contributed by atoms with Crippen molar-refractivity contribution < 1.29 is 14.3 Å². The summed E-state index contributed by atoms with van der Waals surface area (Å²) in [6.07, 6.45) is 4.56. The molecule has 0 aliphatic heterocycles. The number of methoxy groups -OCH3 is 1. The summed E-state index contributed by atoms with van der Waals surface area (Å²) in [7, 11) is 1.59. The summed E-state index contributed by atoms with van der Waals surface area (Å²) in [4.78, 5) is 28.6. The predicted octanol–water partition coefficient (Wildman–Crippen LogP) is 2.94. The average Bonchev–Trinajstić information content (AvgIpc) is 2.69. The van der Waals surface area contributed by atoms with E-state index in [1.54, 1.807) is 13.2 Å². The minimum atomic E-state index is -0.265. The van der Waals surface area contributed by atoms with E-state index in [1.807, 2.05) is 24.3 Å². The Kier molecular flexibility index (Phi) is 7.61. The van der Waals surface area contributed by atoms with E-state index in [2.05, 4.69) is 22.5 Å². The molecule has 6 nitrogen and oxygen atoms in total. The normalized spacial score (nSPS) is 10.2. The zero-order chi connectivity index (χ0) is 18.8. The number of hydrogen-bond acceptors (Lipinski definition) is 4. The van der Waals surface area contributed by atoms with Crippen molar-refractivity contribution in [3.8, 4) is 5.75 Å². The van der Waals surface area contributed by atoms with E-state index in [1.165, 1.54) is 12.3 Å². The number of rotatable bonds is 9. The standard InChI is InChI=1S/C20H25N3O3/c1-3-4-7-11-22-20(25)17-13-15(10-12-21-17)19(24)23-14-16-8-5-6-9-18(16)26-2/h5-6,8-10,12-13H,3-4,7,11,14H2,1-2H3,(H,22,25)(H,23,24). The number of carbonyl (C=O) groups is 2. The highest BCUT2D eigenvalue weighted by molar-refractivity contribution is 5.98. The second-order valence-corrected chi connectivity index (χ2v) is 5.89. The number of amides is 2. The van der Waals surface area contributed by atoms with Crippen LogP contribution in [0.15, 0.2) is 42.6 Å². The smallest absolute Gasteiger partial charge is 0.269 e. The first-order valence-corrected chi connectivity index (χ1v) is 8.80. The van der Waals surface area contributed by atoms with Crippen LogP contribution in [0.25, 0.3) is 0 Å². The van der Waals surface area contributed by atoms with Crippen molar-refractivity contribution in [1.29, 1.82) is 0 Å². The quantitative estimate of drug-likeness (QED) is 0.678. The first-order chi connectivity index (χ1) is 12.7. The lowest BCUT2D eigenvalue weighted by molar-refractivity contribution is 0.0948. The van der Waals surface area contributed by atoms with Gasteiger partial charge < -0.3 is 15.4 Å². The Morgan fingerprint density at radius 2 is 1.88 bits per heavy atom. The maximum atomic E-state index is 12.4. The number of carbonyl (C=O) groups excluding carboxylic acids is 2. The molecule has 1 aromatic heterocycles. The number of hydrogen-bond donors (Lipinski definition) is 2. The van der Waals surface area contributed by atoms with E-state index in [0.717, 1.165) is 30.6 Å². The van der Waals surface area contributed by atoms with Crippen LogP contribution >= 0.6 is 0 Å². The molecule has 0 atom stereocenters. The number of benzene rings is 1. The molecule has 2 aromatic rings. The number of nitrogens with zero attached hydrogens (tertiary/aromatic N) is 1. The van der Waals surface area contributed by atoms with E-state index < -0.39 is 0 Å². The summed E-state index contributed by atoms with van der Waals surface area (Å²) in [5.74, 6) is 0.188. The second kappa shape index (κ2) is 10.2. The Labute approximate surface area is 154 Å². The van der Waals surface area contributed by atoms with Gasteiger partial charge in [-0.05, 0) is 24.6 Å². The van der Waals surface area contributed by atoms with Gasteiger partial charge in [0, 0.05) is 30.4 Å². The Morgan fingerprint density at radius 1 is 1.08 bits per heavy atom. The topological polar surface area (TPSA) is 80.3 Å². The van der Waals surface area contributed by atoms with Gasteiger partial charge in [0.05, 0.1) is 7.11 Å². The molecule has 138 valence electrons. The average molecular weight is 355 g/mol. The second-order valence-electron chi connectivity index (χ2n) is 5.89. The highest BCUT2D eigenvalue weighted by Crippen LogP contribution is 2.16. The Hall–Kier alpha value is -2.89. The van der Waals surface area contributed by atoms with Gasteiger partial charge in [-0.25, -0.2) is 0 Å². The van der Waals surface area contributed by atoms with Gasteiger partial charge >= 0.3 is 0 Å². The number of nitrogens with one attached hydrogen (secondary N) is 2. The third-order valence-corrected chi connectivity index (χ3v) is 3.95. The molecule has 2 rings (SSSR count). The number of para-hydroxylation sites is 1. The van der Waals surface area contributed by atoms with Crippen LogP contribution in [0.2, 0.25) is 0 Å². The maximum Gasteiger partial charge on any atom is 0.269 e. The van der Waals surface area contributed by atoms with Crippen molar-refractivity contribution in [3.63, 3.8) is 0 Å². The van der Waals surface area contributed by atoms with E-state index in [4.69, 9.17) is 4.74 Å². The Bertz CT molecular complexity index is 747. The summed E-state index contributed by atoms with van der Waals surface area (Å²) in [6.45, 7) is 3.05. The first kappa shape index (κ1) is 19.4. The summed E-state index contributed by atoms with van der Waals surface area (Å²) in [5, 5.41) is 5.66. The molecule has 26 heavy (non-hydrogen) atoms. The maximum absolute atomic E-state index is 12.4. The van der Waals surface area contributed by atoms with Crippen molar-refractivity contribution in [2.45, 2.75) is 32.7 Å². The van der Waals surface area contributed by atoms with Crippen LogP contribution in [0.1, 0.15) is 52.6 Å². The van der Waals surface area contributed by atoms with E-state index in [9.17, 15) is 9.59 Å². The molecule has 0 spiro atoms. The lowest BCUT2D eigenvalue weighted by atomic mass is 10.1. The van der Waals surface area contributed by atoms with Gasteiger partial charge in [0.25, 0.3) is 11.8 Å². The van der Waals surface area contributed by atoms with Gasteiger partial charge in [0.2, 0.25) is 0 Å². The SMILES string of the molecule is CCCCCNC(=O)c1cc(C(=O)NCc2ccccc2OC)ccn1. The molecule has 0 bridgehead atoms. The molecular weight excluding hydrogens is 330 g/mol. The molecule has 0 saturated heterocycles. The van der Waals surface area contributed by atoms with Crippen LogP contribution in [0.4, 0.5) is 0 Å². The molecule has 0 radical (unpaired) electrons. The molecule has 0 fully saturated rings. The van der Waals surface area contributed by atoms with Crippen LogP contribution in [-0.4, -0.2) is 30.5 Å². The van der Waals surface area contributed by atoms with Crippen molar-refractivity contribution in [3.05, 3.63) is 59.4 Å². The molecule has 2 N–H and O–H groups in total. The fourth-order valence-corrected chi connectivity index (χ4v) is 2.49. The summed E-state index contributed by atoms with van der Waals surface area (Å²) in [5.41, 5.74) is 1.52. The van der Waals surface area contributed by atoms with E-state index in [-0.39, 0.29) is 17.5 Å². The fraction of sp³-hybridized carbons (Fsp3) is 0.350. The van der Waals surface area contributed by atoms with Crippen LogP contribution in [0, 0.1) is 0 Å². The van der Waals surface area contributed by atoms with Crippen LogP contribution in [-0.2, 0) is 6.54 Å². The minimum Gasteiger partial charge on any atom is -0.496 e. The van der Waals surface area contributed by atoms with Crippen molar-refractivity contribution in [2.75, 3.05) is 13.7 Å². The number of ether oxygens (including phenoxy) is 1. The number of aromatic nitrogens is 1. The van der Waals surface area contributed by atoms with Gasteiger partial charge in [0.1, 0.15) is 11.4 Å². The Balaban J connectivity index is 1.96. The minimum absolute atomic E-state index is 0.242. The molecule has 1 heterocycles. The summed E-state index contributed by atoms with van der Waals surface area (Å²) >= 11 is 0. The van der Waals surface area contributed by atoms with Crippen molar-refractivity contribution in [1.82, 2.24) is 15.6 Å². The van der Waals surface area contributed by atoms with Gasteiger partial charge in [-0.3, -0.25) is 14.6 Å². The molecule has 0 aliphatic carbocycles. The lowest BCUT2D eigenvalue weighted by Gasteiger charge is -2.10. The lowest BCUT2D eigenvalue weighted by Crippen LogP contribution is -2.27. The molecule has 6 heteroatoms. The first-order valence-electron chi connectivity index (χ1n) is 8.80. The summed E-state index contributed by atoms with van der Waals surface area (Å²) < 4.78 is 5.27. The zero-order valence-electron chi connectivity index (χ0n) is 15.2. The number of pyridine rings is 1. The van der Waals surface area contributed by atoms with Crippen LogP contribution in [0.5, 0.6) is 5.75 Å². The van der Waals surface area contributed by atoms with Crippen LogP contribution in [0.3, 0.4) is 0 Å². The zero-order valence-corrected chi connectivity index (χ0v) is 15.2. The van der Waals surface area contributed by atoms with E-state index in [0.29, 0.717) is 18.7 Å². The highest BCUT2D eigenvalue weighted by Gasteiger charge is 2.12. The largest absolute Gasteiger partial charge is 0.496 e. The molecule has 0 aliphatic rings. The van der Waals surface area contributed by atoms with Gasteiger partial charge in [-0.2, -0.15) is 0 Å². The van der Waals surface area contributed by atoms with Crippen molar-refractivity contribution >= 4 is 11.8 Å². The number of unbranched alkanes of at least 4 members (excludes halogenated alkanes) is 2. The Morgan fingerprint density at radius 3 is 2.65 bits per heavy atom. The van der Waals surface area contributed by atoms with Gasteiger partial charge in [-0.15, -0.1) is 0 Å². The highest BCUT2D eigenvalue weighted by atomic mass is 16.5. The van der Waals surface area contributed by atoms with Crippen molar-refractivity contribution in [2.24, 2.45) is 0 Å². The van der Waals surface area contributed by atoms with Crippen LogP contribution < -0.4 is 15.4 Å². The summed E-state index contributed by atoms with van der Waals surface area (Å²) in [6, 6.07) is 10.6. The molecule has 0 saturated carbocycles. The predicted molar refractivity (Wildman–Crippen MR) is 100 cm³/mol. The molecular formula is C20H25N3O3. The third kappa shape index (κ3) is 5.58.